The van der Waals surface area contributed by atoms with Crippen molar-refractivity contribution in [2.45, 2.75) is 24.8 Å². The van der Waals surface area contributed by atoms with Crippen LogP contribution in [0.15, 0.2) is 48.5 Å². The minimum absolute atomic E-state index is 0.294. The number of hydrogen-bond acceptors (Lipinski definition) is 3. The molecular formula is C19H18FNO2. The maximum absolute atomic E-state index is 14.3. The number of hydrogen-bond donors (Lipinski definition) is 0. The van der Waals surface area contributed by atoms with Gasteiger partial charge in [0.2, 0.25) is 0 Å². The van der Waals surface area contributed by atoms with E-state index in [-0.39, 0.29) is 11.8 Å². The Labute approximate surface area is 134 Å². The SMILES string of the molecule is O=C1Oc2cccc(F)c2C12CCN(Cc1ccccc1)CC2. The van der Waals surface area contributed by atoms with Crippen LogP contribution in [0.5, 0.6) is 5.75 Å². The average Bonchev–Trinajstić information content (AvgIpc) is 2.84. The van der Waals surface area contributed by atoms with Crippen molar-refractivity contribution in [2.24, 2.45) is 0 Å². The number of esters is 1. The van der Waals surface area contributed by atoms with Crippen LogP contribution in [0.4, 0.5) is 4.39 Å². The number of likely N-dealkylation sites (tertiary alicyclic amines) is 1. The number of fused-ring (bicyclic) bond motifs is 2. The minimum atomic E-state index is -0.798. The Hall–Kier alpha value is -2.20. The zero-order chi connectivity index (χ0) is 15.9. The van der Waals surface area contributed by atoms with E-state index in [1.807, 2.05) is 18.2 Å². The van der Waals surface area contributed by atoms with Gasteiger partial charge < -0.3 is 4.74 Å². The lowest BCUT2D eigenvalue weighted by atomic mass is 9.73. The Kier molecular flexibility index (Phi) is 3.42. The third-order valence-electron chi connectivity index (χ3n) is 5.01. The average molecular weight is 311 g/mol. The van der Waals surface area contributed by atoms with Gasteiger partial charge in [0.25, 0.3) is 0 Å². The molecule has 4 heteroatoms. The van der Waals surface area contributed by atoms with E-state index in [0.717, 1.165) is 19.6 Å². The molecule has 1 spiro atoms. The Morgan fingerprint density at radius 3 is 2.52 bits per heavy atom. The van der Waals surface area contributed by atoms with Crippen molar-refractivity contribution in [2.75, 3.05) is 13.1 Å². The number of piperidine rings is 1. The lowest BCUT2D eigenvalue weighted by Gasteiger charge is -2.37. The van der Waals surface area contributed by atoms with E-state index in [4.69, 9.17) is 4.74 Å². The van der Waals surface area contributed by atoms with Crippen LogP contribution in [-0.4, -0.2) is 24.0 Å². The fourth-order valence-corrected chi connectivity index (χ4v) is 3.74. The molecule has 1 fully saturated rings. The van der Waals surface area contributed by atoms with Gasteiger partial charge in [0.05, 0.1) is 0 Å². The fraction of sp³-hybridized carbons (Fsp3) is 0.316. The summed E-state index contributed by atoms with van der Waals surface area (Å²) < 4.78 is 19.6. The van der Waals surface area contributed by atoms with E-state index in [9.17, 15) is 9.18 Å². The van der Waals surface area contributed by atoms with Crippen LogP contribution in [0.25, 0.3) is 0 Å². The maximum atomic E-state index is 14.3. The highest BCUT2D eigenvalue weighted by molar-refractivity contribution is 5.90. The topological polar surface area (TPSA) is 29.5 Å². The van der Waals surface area contributed by atoms with E-state index >= 15 is 0 Å². The number of carbonyl (C=O) groups excluding carboxylic acids is 1. The molecule has 4 rings (SSSR count). The summed E-state index contributed by atoms with van der Waals surface area (Å²) in [5.74, 6) is -0.228. The summed E-state index contributed by atoms with van der Waals surface area (Å²) in [6.45, 7) is 2.38. The molecule has 118 valence electrons. The highest BCUT2D eigenvalue weighted by Gasteiger charge is 2.52. The molecular weight excluding hydrogens is 293 g/mol. The van der Waals surface area contributed by atoms with E-state index in [1.54, 1.807) is 12.1 Å². The van der Waals surface area contributed by atoms with Gasteiger partial charge in [-0.2, -0.15) is 0 Å². The number of nitrogens with zero attached hydrogens (tertiary/aromatic N) is 1. The van der Waals surface area contributed by atoms with Gasteiger partial charge in [-0.1, -0.05) is 36.4 Å². The zero-order valence-electron chi connectivity index (χ0n) is 12.8. The predicted octanol–water partition coefficient (Wildman–Crippen LogP) is 3.28. The standard InChI is InChI=1S/C19H18FNO2/c20-15-7-4-8-16-17(15)19(18(22)23-16)9-11-21(12-10-19)13-14-5-2-1-3-6-14/h1-8H,9-13H2. The highest BCUT2D eigenvalue weighted by atomic mass is 19.1. The third-order valence-corrected chi connectivity index (χ3v) is 5.01. The van der Waals surface area contributed by atoms with Gasteiger partial charge in [0.15, 0.2) is 0 Å². The molecule has 0 aliphatic carbocycles. The second kappa shape index (κ2) is 5.46. The number of halogens is 1. The van der Waals surface area contributed by atoms with Crippen molar-refractivity contribution in [3.8, 4) is 5.75 Å². The molecule has 0 unspecified atom stereocenters. The first kappa shape index (κ1) is 14.4. The molecule has 0 bridgehead atoms. The third kappa shape index (κ3) is 2.34. The molecule has 1 saturated heterocycles. The van der Waals surface area contributed by atoms with Crippen LogP contribution in [0, 0.1) is 5.82 Å². The Balaban J connectivity index is 1.55. The molecule has 0 amide bonds. The fourth-order valence-electron chi connectivity index (χ4n) is 3.74. The van der Waals surface area contributed by atoms with Gasteiger partial charge in [0.1, 0.15) is 17.0 Å². The van der Waals surface area contributed by atoms with Crippen LogP contribution in [0.3, 0.4) is 0 Å². The number of rotatable bonds is 2. The molecule has 2 aliphatic rings. The van der Waals surface area contributed by atoms with Gasteiger partial charge in [-0.3, -0.25) is 9.69 Å². The lowest BCUT2D eigenvalue weighted by Crippen LogP contribution is -2.46. The normalized spacial score (nSPS) is 19.6. The smallest absolute Gasteiger partial charge is 0.322 e. The van der Waals surface area contributed by atoms with Crippen molar-refractivity contribution < 1.29 is 13.9 Å². The molecule has 0 aromatic heterocycles. The summed E-state index contributed by atoms with van der Waals surface area (Å²) in [5.41, 5.74) is 0.918. The van der Waals surface area contributed by atoms with E-state index in [0.29, 0.717) is 24.2 Å². The molecule has 0 radical (unpaired) electrons. The molecule has 2 heterocycles. The largest absolute Gasteiger partial charge is 0.425 e. The van der Waals surface area contributed by atoms with E-state index in [1.165, 1.54) is 11.6 Å². The maximum Gasteiger partial charge on any atom is 0.322 e. The molecule has 0 atom stereocenters. The summed E-state index contributed by atoms with van der Waals surface area (Å²) in [6, 6.07) is 14.9. The number of carbonyl (C=O) groups is 1. The minimum Gasteiger partial charge on any atom is -0.425 e. The Morgan fingerprint density at radius 1 is 1.04 bits per heavy atom. The van der Waals surface area contributed by atoms with Gasteiger partial charge in [0, 0.05) is 12.1 Å². The first-order valence-corrected chi connectivity index (χ1v) is 7.97. The van der Waals surface area contributed by atoms with Gasteiger partial charge in [-0.05, 0) is 43.6 Å². The zero-order valence-corrected chi connectivity index (χ0v) is 12.8. The van der Waals surface area contributed by atoms with Crippen LogP contribution >= 0.6 is 0 Å². The molecule has 3 nitrogen and oxygen atoms in total. The molecule has 0 N–H and O–H groups in total. The quantitative estimate of drug-likeness (QED) is 0.630. The molecule has 2 aromatic carbocycles. The first-order chi connectivity index (χ1) is 11.2. The first-order valence-electron chi connectivity index (χ1n) is 7.97. The van der Waals surface area contributed by atoms with Crippen molar-refractivity contribution >= 4 is 5.97 Å². The van der Waals surface area contributed by atoms with Crippen LogP contribution in [0.1, 0.15) is 24.0 Å². The second-order valence-electron chi connectivity index (χ2n) is 6.35. The van der Waals surface area contributed by atoms with Crippen LogP contribution in [-0.2, 0) is 16.8 Å². The Morgan fingerprint density at radius 2 is 1.78 bits per heavy atom. The molecule has 2 aromatic rings. The molecule has 23 heavy (non-hydrogen) atoms. The molecule has 0 saturated carbocycles. The number of benzene rings is 2. The Bertz CT molecular complexity index is 736. The molecule has 2 aliphatic heterocycles. The predicted molar refractivity (Wildman–Crippen MR) is 84.7 cm³/mol. The van der Waals surface area contributed by atoms with E-state index in [2.05, 4.69) is 17.0 Å². The van der Waals surface area contributed by atoms with Gasteiger partial charge in [-0.15, -0.1) is 0 Å². The summed E-state index contributed by atoms with van der Waals surface area (Å²) in [7, 11) is 0. The van der Waals surface area contributed by atoms with E-state index < -0.39 is 5.41 Å². The van der Waals surface area contributed by atoms with Gasteiger partial charge >= 0.3 is 5.97 Å². The van der Waals surface area contributed by atoms with Crippen molar-refractivity contribution in [3.05, 3.63) is 65.5 Å². The van der Waals surface area contributed by atoms with Crippen molar-refractivity contribution in [1.82, 2.24) is 4.90 Å². The second-order valence-corrected chi connectivity index (χ2v) is 6.35. The summed E-state index contributed by atoms with van der Waals surface area (Å²) in [5, 5.41) is 0. The number of ether oxygens (including phenoxy) is 1. The van der Waals surface area contributed by atoms with Crippen LogP contribution < -0.4 is 4.74 Å². The summed E-state index contributed by atoms with van der Waals surface area (Å²) in [4.78, 5) is 14.7. The summed E-state index contributed by atoms with van der Waals surface area (Å²) in [6.07, 6.45) is 1.21. The van der Waals surface area contributed by atoms with Gasteiger partial charge in [-0.25, -0.2) is 4.39 Å². The highest BCUT2D eigenvalue weighted by Crippen LogP contribution is 2.47. The monoisotopic (exact) mass is 311 g/mol. The van der Waals surface area contributed by atoms with Crippen molar-refractivity contribution in [3.63, 3.8) is 0 Å². The summed E-state index contributed by atoms with van der Waals surface area (Å²) >= 11 is 0. The lowest BCUT2D eigenvalue weighted by molar-refractivity contribution is -0.140. The van der Waals surface area contributed by atoms with Crippen LogP contribution in [0.2, 0.25) is 0 Å². The van der Waals surface area contributed by atoms with Crippen molar-refractivity contribution in [1.29, 1.82) is 0 Å².